The molecule has 0 spiro atoms. The van der Waals surface area contributed by atoms with Crippen LogP contribution in [0.5, 0.6) is 0 Å². The standard InChI is InChI=1S/C24H31N7/c1-20-21(18-27-31(20)22-8-4-2-5-9-22)19-28-14-16-30(17-15-28)24-23(25-10-11-26-24)29-12-6-3-7-13-29/h2,4-5,8-11,18H,3,6-7,12-17,19H2,1H3. The molecular weight excluding hydrogens is 386 g/mol. The maximum absolute atomic E-state index is 4.73. The molecule has 0 bridgehead atoms. The molecule has 1 aromatic carbocycles. The number of nitrogens with zero attached hydrogens (tertiary/aromatic N) is 7. The average Bonchev–Trinajstić information content (AvgIpc) is 3.20. The third-order valence-electron chi connectivity index (χ3n) is 6.49. The van der Waals surface area contributed by atoms with E-state index in [1.165, 1.54) is 30.5 Å². The summed E-state index contributed by atoms with van der Waals surface area (Å²) < 4.78 is 2.04. The Kier molecular flexibility index (Phi) is 5.84. The van der Waals surface area contributed by atoms with Crippen molar-refractivity contribution in [2.75, 3.05) is 49.1 Å². The molecule has 2 saturated heterocycles. The average molecular weight is 418 g/mol. The monoisotopic (exact) mass is 417 g/mol. The molecule has 2 fully saturated rings. The highest BCUT2D eigenvalue weighted by Gasteiger charge is 2.24. The second kappa shape index (κ2) is 9.06. The predicted molar refractivity (Wildman–Crippen MR) is 124 cm³/mol. The van der Waals surface area contributed by atoms with Crippen molar-refractivity contribution < 1.29 is 0 Å². The molecule has 0 aliphatic carbocycles. The highest BCUT2D eigenvalue weighted by atomic mass is 15.3. The van der Waals surface area contributed by atoms with Gasteiger partial charge >= 0.3 is 0 Å². The Morgan fingerprint density at radius 1 is 0.774 bits per heavy atom. The van der Waals surface area contributed by atoms with E-state index in [1.807, 2.05) is 29.3 Å². The topological polar surface area (TPSA) is 53.3 Å². The van der Waals surface area contributed by atoms with Crippen LogP contribution in [0.3, 0.4) is 0 Å². The molecular formula is C24H31N7. The van der Waals surface area contributed by atoms with Crippen molar-refractivity contribution >= 4 is 11.6 Å². The summed E-state index contributed by atoms with van der Waals surface area (Å²) in [5.74, 6) is 2.12. The van der Waals surface area contributed by atoms with Crippen molar-refractivity contribution in [1.82, 2.24) is 24.6 Å². The van der Waals surface area contributed by atoms with Crippen molar-refractivity contribution in [3.63, 3.8) is 0 Å². The molecule has 2 aliphatic heterocycles. The number of rotatable bonds is 5. The van der Waals surface area contributed by atoms with Crippen LogP contribution in [-0.4, -0.2) is 63.9 Å². The minimum atomic E-state index is 0.936. The van der Waals surface area contributed by atoms with Crippen molar-refractivity contribution in [2.45, 2.75) is 32.7 Å². The van der Waals surface area contributed by atoms with E-state index in [0.29, 0.717) is 0 Å². The van der Waals surface area contributed by atoms with Gasteiger partial charge in [-0.15, -0.1) is 0 Å². The van der Waals surface area contributed by atoms with Gasteiger partial charge in [0.2, 0.25) is 0 Å². The zero-order valence-corrected chi connectivity index (χ0v) is 18.3. The lowest BCUT2D eigenvalue weighted by molar-refractivity contribution is 0.249. The van der Waals surface area contributed by atoms with Crippen LogP contribution in [-0.2, 0) is 6.54 Å². The fourth-order valence-electron chi connectivity index (χ4n) is 4.66. The van der Waals surface area contributed by atoms with Crippen LogP contribution in [0.25, 0.3) is 5.69 Å². The summed E-state index contributed by atoms with van der Waals surface area (Å²) in [5.41, 5.74) is 3.63. The molecule has 2 aromatic heterocycles. The van der Waals surface area contributed by atoms with E-state index in [1.54, 1.807) is 0 Å². The van der Waals surface area contributed by atoms with Crippen LogP contribution in [0.2, 0.25) is 0 Å². The number of hydrogen-bond donors (Lipinski definition) is 0. The van der Waals surface area contributed by atoms with Crippen molar-refractivity contribution in [1.29, 1.82) is 0 Å². The van der Waals surface area contributed by atoms with Crippen LogP contribution in [0.4, 0.5) is 11.6 Å². The number of para-hydroxylation sites is 1. The molecule has 0 saturated carbocycles. The largest absolute Gasteiger partial charge is 0.354 e. The smallest absolute Gasteiger partial charge is 0.172 e. The summed E-state index contributed by atoms with van der Waals surface area (Å²) in [5, 5.41) is 4.63. The second-order valence-corrected chi connectivity index (χ2v) is 8.52. The molecule has 7 nitrogen and oxygen atoms in total. The number of piperidine rings is 1. The van der Waals surface area contributed by atoms with Gasteiger partial charge in [-0.05, 0) is 38.3 Å². The first kappa shape index (κ1) is 20.0. The van der Waals surface area contributed by atoms with Gasteiger partial charge in [0, 0.05) is 69.5 Å². The molecule has 162 valence electrons. The number of benzene rings is 1. The van der Waals surface area contributed by atoms with E-state index in [0.717, 1.165) is 63.1 Å². The SMILES string of the molecule is Cc1c(CN2CCN(c3nccnc3N3CCCCC3)CC2)cnn1-c1ccccc1. The molecule has 0 atom stereocenters. The van der Waals surface area contributed by atoms with Gasteiger partial charge in [0.1, 0.15) is 0 Å². The summed E-state index contributed by atoms with van der Waals surface area (Å²) in [4.78, 5) is 16.8. The lowest BCUT2D eigenvalue weighted by atomic mass is 10.1. The van der Waals surface area contributed by atoms with Gasteiger partial charge in [0.05, 0.1) is 11.9 Å². The van der Waals surface area contributed by atoms with Crippen LogP contribution in [0.1, 0.15) is 30.5 Å². The summed E-state index contributed by atoms with van der Waals surface area (Å²) in [6, 6.07) is 10.4. The highest BCUT2D eigenvalue weighted by Crippen LogP contribution is 2.28. The maximum Gasteiger partial charge on any atom is 0.172 e. The van der Waals surface area contributed by atoms with E-state index in [4.69, 9.17) is 9.97 Å². The van der Waals surface area contributed by atoms with Gasteiger partial charge in [-0.1, -0.05) is 18.2 Å². The van der Waals surface area contributed by atoms with Crippen LogP contribution in [0.15, 0.2) is 48.9 Å². The van der Waals surface area contributed by atoms with E-state index in [-0.39, 0.29) is 0 Å². The van der Waals surface area contributed by atoms with Crippen molar-refractivity contribution in [2.24, 2.45) is 0 Å². The summed E-state index contributed by atoms with van der Waals surface area (Å²) in [7, 11) is 0. The van der Waals surface area contributed by atoms with Gasteiger partial charge in [0.25, 0.3) is 0 Å². The normalized spacial score (nSPS) is 17.8. The lowest BCUT2D eigenvalue weighted by Gasteiger charge is -2.37. The third-order valence-corrected chi connectivity index (χ3v) is 6.49. The third kappa shape index (κ3) is 4.28. The Morgan fingerprint density at radius 3 is 2.10 bits per heavy atom. The summed E-state index contributed by atoms with van der Waals surface area (Å²) in [6.45, 7) is 9.28. The molecule has 4 heterocycles. The lowest BCUT2D eigenvalue weighted by Crippen LogP contribution is -2.47. The van der Waals surface area contributed by atoms with Gasteiger partial charge in [-0.2, -0.15) is 5.10 Å². The molecule has 7 heteroatoms. The molecule has 2 aliphatic rings. The van der Waals surface area contributed by atoms with Gasteiger partial charge in [-0.3, -0.25) is 4.90 Å². The summed E-state index contributed by atoms with van der Waals surface area (Å²) in [6.07, 6.45) is 9.50. The molecule has 0 N–H and O–H groups in total. The molecule has 3 aromatic rings. The zero-order chi connectivity index (χ0) is 21.0. The Morgan fingerprint density at radius 2 is 1.42 bits per heavy atom. The van der Waals surface area contributed by atoms with E-state index < -0.39 is 0 Å². The maximum atomic E-state index is 4.73. The molecule has 31 heavy (non-hydrogen) atoms. The van der Waals surface area contributed by atoms with Gasteiger partial charge in [0.15, 0.2) is 11.6 Å². The van der Waals surface area contributed by atoms with E-state index in [2.05, 4.69) is 51.0 Å². The van der Waals surface area contributed by atoms with Crippen molar-refractivity contribution in [3.05, 3.63) is 60.2 Å². The highest BCUT2D eigenvalue weighted by molar-refractivity contribution is 5.62. The summed E-state index contributed by atoms with van der Waals surface area (Å²) >= 11 is 0. The van der Waals surface area contributed by atoms with Crippen LogP contribution >= 0.6 is 0 Å². The van der Waals surface area contributed by atoms with Crippen molar-refractivity contribution in [3.8, 4) is 5.69 Å². The zero-order valence-electron chi connectivity index (χ0n) is 18.3. The number of piperazine rings is 1. The molecule has 0 radical (unpaired) electrons. The Balaban J connectivity index is 1.24. The fraction of sp³-hybridized carbons (Fsp3) is 0.458. The molecule has 5 rings (SSSR count). The number of hydrogen-bond acceptors (Lipinski definition) is 6. The van der Waals surface area contributed by atoms with Crippen LogP contribution < -0.4 is 9.80 Å². The first-order chi connectivity index (χ1) is 15.3. The minimum absolute atomic E-state index is 0.936. The molecule has 0 amide bonds. The van der Waals surface area contributed by atoms with Crippen LogP contribution in [0, 0.1) is 6.92 Å². The molecule has 0 unspecified atom stereocenters. The number of anilines is 2. The van der Waals surface area contributed by atoms with Gasteiger partial charge in [-0.25, -0.2) is 14.6 Å². The Bertz CT molecular complexity index is 986. The van der Waals surface area contributed by atoms with E-state index >= 15 is 0 Å². The predicted octanol–water partition coefficient (Wildman–Crippen LogP) is 3.28. The Labute approximate surface area is 184 Å². The van der Waals surface area contributed by atoms with Gasteiger partial charge < -0.3 is 9.80 Å². The first-order valence-electron chi connectivity index (χ1n) is 11.4. The van der Waals surface area contributed by atoms with E-state index in [9.17, 15) is 0 Å². The Hall–Kier alpha value is -2.93. The second-order valence-electron chi connectivity index (χ2n) is 8.52. The fourth-order valence-corrected chi connectivity index (χ4v) is 4.66. The first-order valence-corrected chi connectivity index (χ1v) is 11.4. The quantitative estimate of drug-likeness (QED) is 0.635. The minimum Gasteiger partial charge on any atom is -0.354 e. The number of aromatic nitrogens is 4.